The summed E-state index contributed by atoms with van der Waals surface area (Å²) < 4.78 is 0. The van der Waals surface area contributed by atoms with Gasteiger partial charge in [0.25, 0.3) is 0 Å². The van der Waals surface area contributed by atoms with Crippen LogP contribution in [0.1, 0.15) is 31.9 Å². The van der Waals surface area contributed by atoms with E-state index in [9.17, 15) is 4.79 Å². The third-order valence-corrected chi connectivity index (χ3v) is 3.47. The predicted octanol–water partition coefficient (Wildman–Crippen LogP) is 2.97. The lowest BCUT2D eigenvalue weighted by Crippen LogP contribution is -2.38. The summed E-state index contributed by atoms with van der Waals surface area (Å²) in [6.07, 6.45) is 0.154. The molecule has 0 heterocycles. The number of hydrogen-bond donors (Lipinski definition) is 3. The predicted molar refractivity (Wildman–Crippen MR) is 85.2 cm³/mol. The Labute approximate surface area is 125 Å². The Morgan fingerprint density at radius 3 is 2.57 bits per heavy atom. The molecule has 0 fully saturated rings. The molecule has 112 valence electrons. The van der Waals surface area contributed by atoms with Crippen molar-refractivity contribution in [2.45, 2.75) is 32.4 Å². The van der Waals surface area contributed by atoms with E-state index < -0.39 is 6.10 Å². The Bertz CT molecular complexity index is 611. The zero-order valence-corrected chi connectivity index (χ0v) is 12.5. The highest BCUT2D eigenvalue weighted by Crippen LogP contribution is 2.20. The summed E-state index contributed by atoms with van der Waals surface area (Å²) in [5.41, 5.74) is 1.07. The van der Waals surface area contributed by atoms with Crippen LogP contribution in [0.4, 0.5) is 4.79 Å². The van der Waals surface area contributed by atoms with E-state index in [4.69, 9.17) is 5.11 Å². The molecular weight excluding hydrogens is 264 g/mol. The topological polar surface area (TPSA) is 61.4 Å². The molecule has 2 atom stereocenters. The van der Waals surface area contributed by atoms with Crippen LogP contribution >= 0.6 is 0 Å². The van der Waals surface area contributed by atoms with Gasteiger partial charge in [-0.1, -0.05) is 36.4 Å². The molecule has 4 nitrogen and oxygen atoms in total. The Balaban J connectivity index is 1.95. The molecule has 2 aromatic rings. The minimum atomic E-state index is -0.400. The molecule has 0 saturated carbocycles. The number of nitrogens with one attached hydrogen (secondary N) is 2. The second kappa shape index (κ2) is 7.09. The molecule has 0 aliphatic rings. The lowest BCUT2D eigenvalue weighted by molar-refractivity contribution is 0.183. The average Bonchev–Trinajstić information content (AvgIpc) is 2.46. The van der Waals surface area contributed by atoms with Crippen LogP contribution in [-0.4, -0.2) is 23.8 Å². The van der Waals surface area contributed by atoms with Crippen molar-refractivity contribution in [3.63, 3.8) is 0 Å². The van der Waals surface area contributed by atoms with Gasteiger partial charge in [-0.15, -0.1) is 0 Å². The summed E-state index contributed by atoms with van der Waals surface area (Å²) in [6, 6.07) is 14.1. The Hall–Kier alpha value is -2.07. The highest BCUT2D eigenvalue weighted by atomic mass is 16.3. The number of benzene rings is 2. The molecule has 0 aromatic heterocycles. The monoisotopic (exact) mass is 286 g/mol. The Morgan fingerprint density at radius 1 is 1.14 bits per heavy atom. The number of urea groups is 1. The van der Waals surface area contributed by atoms with Gasteiger partial charge in [0.15, 0.2) is 0 Å². The maximum absolute atomic E-state index is 11.8. The quantitative estimate of drug-likeness (QED) is 0.791. The molecule has 2 aromatic carbocycles. The van der Waals surface area contributed by atoms with Gasteiger partial charge < -0.3 is 15.7 Å². The van der Waals surface area contributed by atoms with Gasteiger partial charge in [-0.25, -0.2) is 4.79 Å². The first-order valence-electron chi connectivity index (χ1n) is 7.27. The minimum absolute atomic E-state index is 0.0684. The maximum Gasteiger partial charge on any atom is 0.315 e. The third kappa shape index (κ3) is 4.46. The Morgan fingerprint density at radius 2 is 1.86 bits per heavy atom. The van der Waals surface area contributed by atoms with Crippen LogP contribution < -0.4 is 10.6 Å². The van der Waals surface area contributed by atoms with Gasteiger partial charge in [0, 0.05) is 6.54 Å². The normalized spacial score (nSPS) is 13.7. The SMILES string of the molecule is CC(O)CCNC(=O)NC(C)c1ccc2ccccc2c1. The Kier molecular flexibility index (Phi) is 5.17. The molecule has 2 unspecified atom stereocenters. The van der Waals surface area contributed by atoms with Crippen molar-refractivity contribution in [3.05, 3.63) is 48.0 Å². The van der Waals surface area contributed by atoms with E-state index in [2.05, 4.69) is 34.9 Å². The van der Waals surface area contributed by atoms with Crippen molar-refractivity contribution in [2.24, 2.45) is 0 Å². The van der Waals surface area contributed by atoms with Crippen LogP contribution in [0.15, 0.2) is 42.5 Å². The van der Waals surface area contributed by atoms with Crippen molar-refractivity contribution in [1.29, 1.82) is 0 Å². The van der Waals surface area contributed by atoms with Crippen molar-refractivity contribution in [1.82, 2.24) is 10.6 Å². The molecule has 21 heavy (non-hydrogen) atoms. The van der Waals surface area contributed by atoms with E-state index in [0.29, 0.717) is 13.0 Å². The summed E-state index contributed by atoms with van der Waals surface area (Å²) in [6.45, 7) is 4.13. The van der Waals surface area contributed by atoms with E-state index >= 15 is 0 Å². The third-order valence-electron chi connectivity index (χ3n) is 3.47. The van der Waals surface area contributed by atoms with Crippen LogP contribution in [0, 0.1) is 0 Å². The van der Waals surface area contributed by atoms with Gasteiger partial charge in [0.05, 0.1) is 12.1 Å². The number of aliphatic hydroxyl groups is 1. The highest BCUT2D eigenvalue weighted by Gasteiger charge is 2.09. The summed E-state index contributed by atoms with van der Waals surface area (Å²) >= 11 is 0. The first-order valence-corrected chi connectivity index (χ1v) is 7.27. The molecule has 0 bridgehead atoms. The van der Waals surface area contributed by atoms with Crippen LogP contribution in [-0.2, 0) is 0 Å². The van der Waals surface area contributed by atoms with Gasteiger partial charge >= 0.3 is 6.03 Å². The second-order valence-corrected chi connectivity index (χ2v) is 5.37. The smallest absolute Gasteiger partial charge is 0.315 e. The molecule has 2 amide bonds. The number of rotatable bonds is 5. The van der Waals surface area contributed by atoms with Crippen molar-refractivity contribution < 1.29 is 9.90 Å². The van der Waals surface area contributed by atoms with E-state index in [1.54, 1.807) is 6.92 Å². The zero-order valence-electron chi connectivity index (χ0n) is 12.5. The average molecular weight is 286 g/mol. The van der Waals surface area contributed by atoms with Crippen LogP contribution in [0.5, 0.6) is 0 Å². The fraction of sp³-hybridized carbons (Fsp3) is 0.353. The highest BCUT2D eigenvalue weighted by molar-refractivity contribution is 5.83. The van der Waals surface area contributed by atoms with Gasteiger partial charge in [0.1, 0.15) is 0 Å². The van der Waals surface area contributed by atoms with Gasteiger partial charge in [-0.3, -0.25) is 0 Å². The maximum atomic E-state index is 11.8. The lowest BCUT2D eigenvalue weighted by atomic mass is 10.0. The summed E-state index contributed by atoms with van der Waals surface area (Å²) in [5, 5.41) is 17.2. The molecule has 0 spiro atoms. The van der Waals surface area contributed by atoms with E-state index in [1.807, 2.05) is 25.1 Å². The van der Waals surface area contributed by atoms with Crippen LogP contribution in [0.3, 0.4) is 0 Å². The van der Waals surface area contributed by atoms with Crippen LogP contribution in [0.2, 0.25) is 0 Å². The first kappa shape index (κ1) is 15.3. The van der Waals surface area contributed by atoms with Gasteiger partial charge in [0.2, 0.25) is 0 Å². The summed E-state index contributed by atoms with van der Waals surface area (Å²) in [5.74, 6) is 0. The lowest BCUT2D eigenvalue weighted by Gasteiger charge is -2.16. The molecule has 0 saturated heterocycles. The molecule has 3 N–H and O–H groups in total. The number of hydrogen-bond acceptors (Lipinski definition) is 2. The van der Waals surface area contributed by atoms with E-state index in [1.165, 1.54) is 5.39 Å². The first-order chi connectivity index (χ1) is 10.1. The molecule has 4 heteroatoms. The number of carbonyl (C=O) groups excluding carboxylic acids is 1. The van der Waals surface area contributed by atoms with E-state index in [-0.39, 0.29) is 12.1 Å². The second-order valence-electron chi connectivity index (χ2n) is 5.37. The largest absolute Gasteiger partial charge is 0.393 e. The van der Waals surface area contributed by atoms with Crippen LogP contribution in [0.25, 0.3) is 10.8 Å². The van der Waals surface area contributed by atoms with Crippen molar-refractivity contribution in [2.75, 3.05) is 6.54 Å². The fourth-order valence-electron chi connectivity index (χ4n) is 2.20. The van der Waals surface area contributed by atoms with Gasteiger partial charge in [-0.2, -0.15) is 0 Å². The van der Waals surface area contributed by atoms with Crippen molar-refractivity contribution in [3.8, 4) is 0 Å². The summed E-state index contributed by atoms with van der Waals surface area (Å²) in [7, 11) is 0. The molecular formula is C17H22N2O2. The molecule has 0 aliphatic carbocycles. The number of amides is 2. The number of carbonyl (C=O) groups is 1. The van der Waals surface area contributed by atoms with E-state index in [0.717, 1.165) is 10.9 Å². The molecule has 0 aliphatic heterocycles. The molecule has 2 rings (SSSR count). The fourth-order valence-corrected chi connectivity index (χ4v) is 2.20. The van der Waals surface area contributed by atoms with Crippen molar-refractivity contribution >= 4 is 16.8 Å². The summed E-state index contributed by atoms with van der Waals surface area (Å²) in [4.78, 5) is 11.8. The zero-order chi connectivity index (χ0) is 15.2. The number of fused-ring (bicyclic) bond motifs is 1. The standard InChI is InChI=1S/C17H22N2O2/c1-12(20)9-10-18-17(21)19-13(2)15-8-7-14-5-3-4-6-16(14)11-15/h3-8,11-13,20H,9-10H2,1-2H3,(H2,18,19,21). The molecule has 0 radical (unpaired) electrons. The van der Waals surface area contributed by atoms with Gasteiger partial charge in [-0.05, 0) is 42.7 Å². The number of aliphatic hydroxyl groups excluding tert-OH is 1. The minimum Gasteiger partial charge on any atom is -0.393 e.